The molecule has 5 atom stereocenters. The summed E-state index contributed by atoms with van der Waals surface area (Å²) in [5.74, 6) is -2.42. The third kappa shape index (κ3) is 67.3. The Kier molecular flexibility index (Phi) is 64.4. The molecule has 0 radical (unpaired) electrons. The zero-order valence-electron chi connectivity index (χ0n) is 59.0. The summed E-state index contributed by atoms with van der Waals surface area (Å²) in [5, 5.41) is 10.6. The average Bonchev–Trinajstić information content (AvgIpc) is 1.09. The SMILES string of the molecule is CC/C=C\C/C=C\C/C=C\C/C=C\C/C=C\CC(=O)OCC(COP(=O)(O)OCC(O)COP(=O)(O)OCC(COC(=O)CCCCCCC/C=C\C/C=C\C/C=C\CC)OC(=O)CCCCCCC/C=C\CCCC)OC(=O)CCCC/C=C\C/C=C\C/C=C\C/C=C\CC. The van der Waals surface area contributed by atoms with Crippen molar-refractivity contribution in [2.45, 2.75) is 264 Å². The zero-order valence-corrected chi connectivity index (χ0v) is 60.8. The van der Waals surface area contributed by atoms with Crippen molar-refractivity contribution >= 4 is 39.5 Å². The summed E-state index contributed by atoms with van der Waals surface area (Å²) >= 11 is 0. The van der Waals surface area contributed by atoms with Crippen molar-refractivity contribution in [3.63, 3.8) is 0 Å². The lowest BCUT2D eigenvalue weighted by Crippen LogP contribution is -2.30. The summed E-state index contributed by atoms with van der Waals surface area (Å²) in [7, 11) is -10.00. The summed E-state index contributed by atoms with van der Waals surface area (Å²) in [6.07, 6.45) is 77.2. The number of allylic oxidation sites excluding steroid dienone is 25. The van der Waals surface area contributed by atoms with Gasteiger partial charge < -0.3 is 33.8 Å². The van der Waals surface area contributed by atoms with Gasteiger partial charge in [0.2, 0.25) is 0 Å². The fourth-order valence-corrected chi connectivity index (χ4v) is 10.2. The Hall–Kier alpha value is -5.32. The first-order valence-corrected chi connectivity index (χ1v) is 38.7. The average molecular weight is 1380 g/mol. The number of ether oxygens (including phenoxy) is 4. The predicted octanol–water partition coefficient (Wildman–Crippen LogP) is 20.1. The molecule has 5 unspecified atom stereocenters. The van der Waals surface area contributed by atoms with Crippen LogP contribution in [-0.4, -0.2) is 96.7 Å². The van der Waals surface area contributed by atoms with Crippen molar-refractivity contribution in [1.29, 1.82) is 0 Å². The van der Waals surface area contributed by atoms with E-state index in [2.05, 4.69) is 155 Å². The Bertz CT molecular complexity index is 2450. The number of phosphoric ester groups is 2. The summed E-state index contributed by atoms with van der Waals surface area (Å²) in [4.78, 5) is 72.6. The first kappa shape index (κ1) is 90.7. The molecule has 0 saturated heterocycles. The number of rotatable bonds is 65. The molecule has 19 heteroatoms. The third-order valence-corrected chi connectivity index (χ3v) is 15.9. The number of aliphatic hydroxyl groups is 1. The monoisotopic (exact) mass is 1380 g/mol. The third-order valence-electron chi connectivity index (χ3n) is 14.0. The summed E-state index contributed by atoms with van der Waals surface area (Å²) < 4.78 is 68.1. The molecule has 3 N–H and O–H groups in total. The molecular weight excluding hydrogens is 1260 g/mol. The van der Waals surface area contributed by atoms with Gasteiger partial charge in [-0.3, -0.25) is 37.3 Å². The van der Waals surface area contributed by atoms with Crippen LogP contribution in [0.2, 0.25) is 0 Å². The first-order valence-electron chi connectivity index (χ1n) is 35.7. The van der Waals surface area contributed by atoms with E-state index in [4.69, 9.17) is 37.0 Å². The van der Waals surface area contributed by atoms with Gasteiger partial charge in [0.15, 0.2) is 12.2 Å². The number of esters is 4. The van der Waals surface area contributed by atoms with E-state index in [1.54, 1.807) is 6.08 Å². The molecule has 0 heterocycles. The van der Waals surface area contributed by atoms with Gasteiger partial charge in [-0.25, -0.2) is 9.13 Å². The molecule has 17 nitrogen and oxygen atoms in total. The van der Waals surface area contributed by atoms with Crippen molar-refractivity contribution in [2.24, 2.45) is 0 Å². The molecule has 0 spiro atoms. The predicted molar refractivity (Wildman–Crippen MR) is 390 cm³/mol. The number of aliphatic hydroxyl groups excluding tert-OH is 1. The van der Waals surface area contributed by atoms with Crippen LogP contribution in [0.1, 0.15) is 246 Å². The van der Waals surface area contributed by atoms with Crippen molar-refractivity contribution in [1.82, 2.24) is 0 Å². The Morgan fingerprint density at radius 2 is 0.583 bits per heavy atom. The van der Waals surface area contributed by atoms with Gasteiger partial charge in [0.25, 0.3) is 0 Å². The minimum atomic E-state index is -5.01. The van der Waals surface area contributed by atoms with Crippen molar-refractivity contribution in [2.75, 3.05) is 39.6 Å². The Morgan fingerprint density at radius 3 is 0.958 bits per heavy atom. The minimum Gasteiger partial charge on any atom is -0.462 e. The lowest BCUT2D eigenvalue weighted by molar-refractivity contribution is -0.161. The summed E-state index contributed by atoms with van der Waals surface area (Å²) in [6, 6.07) is 0. The lowest BCUT2D eigenvalue weighted by atomic mass is 10.1. The zero-order chi connectivity index (χ0) is 70.4. The quantitative estimate of drug-likeness (QED) is 0.0169. The highest BCUT2D eigenvalue weighted by Crippen LogP contribution is 2.45. The summed E-state index contributed by atoms with van der Waals surface area (Å²) in [6.45, 7) is 4.25. The molecule has 544 valence electrons. The number of hydrogen-bond acceptors (Lipinski definition) is 15. The normalized spacial score (nSPS) is 14.9. The largest absolute Gasteiger partial charge is 0.472 e. The number of carbonyl (C=O) groups is 4. The molecule has 0 bridgehead atoms. The van der Waals surface area contributed by atoms with Crippen LogP contribution in [0, 0.1) is 0 Å². The molecule has 0 aromatic carbocycles. The molecule has 0 aromatic rings. The maximum Gasteiger partial charge on any atom is 0.472 e. The van der Waals surface area contributed by atoms with Crippen LogP contribution < -0.4 is 0 Å². The van der Waals surface area contributed by atoms with Gasteiger partial charge in [0, 0.05) is 19.3 Å². The van der Waals surface area contributed by atoms with Crippen LogP contribution in [0.4, 0.5) is 0 Å². The van der Waals surface area contributed by atoms with Crippen LogP contribution in [0.25, 0.3) is 0 Å². The van der Waals surface area contributed by atoms with E-state index in [0.717, 1.165) is 148 Å². The smallest absolute Gasteiger partial charge is 0.462 e. The van der Waals surface area contributed by atoms with Gasteiger partial charge >= 0.3 is 39.5 Å². The molecular formula is C77H124O17P2. The Labute approximate surface area is 579 Å². The van der Waals surface area contributed by atoms with E-state index in [1.165, 1.54) is 12.8 Å². The minimum absolute atomic E-state index is 0.0174. The molecule has 0 rings (SSSR count). The van der Waals surface area contributed by atoms with E-state index in [9.17, 15) is 43.2 Å². The van der Waals surface area contributed by atoms with Gasteiger partial charge in [-0.15, -0.1) is 0 Å². The molecule has 0 aliphatic carbocycles. The second kappa shape index (κ2) is 68.2. The van der Waals surface area contributed by atoms with Gasteiger partial charge in [-0.05, 0) is 141 Å². The van der Waals surface area contributed by atoms with Crippen LogP contribution in [-0.2, 0) is 65.4 Å². The maximum atomic E-state index is 13.0. The van der Waals surface area contributed by atoms with Gasteiger partial charge in [-0.1, -0.05) is 237 Å². The van der Waals surface area contributed by atoms with E-state index in [-0.39, 0.29) is 25.7 Å². The fourth-order valence-electron chi connectivity index (χ4n) is 8.63. The number of unbranched alkanes of at least 4 members (excludes halogenated alkanes) is 14. The highest BCUT2D eigenvalue weighted by Gasteiger charge is 2.30. The fraction of sp³-hybridized carbons (Fsp3) is 0.610. The van der Waals surface area contributed by atoms with Gasteiger partial charge in [0.1, 0.15) is 19.3 Å². The van der Waals surface area contributed by atoms with Crippen LogP contribution in [0.15, 0.2) is 158 Å². The van der Waals surface area contributed by atoms with E-state index in [0.29, 0.717) is 32.1 Å². The van der Waals surface area contributed by atoms with Crippen LogP contribution in [0.3, 0.4) is 0 Å². The highest BCUT2D eigenvalue weighted by molar-refractivity contribution is 7.47. The van der Waals surface area contributed by atoms with Crippen LogP contribution >= 0.6 is 15.6 Å². The highest BCUT2D eigenvalue weighted by atomic mass is 31.2. The molecule has 0 fully saturated rings. The molecule has 0 aliphatic rings. The van der Waals surface area contributed by atoms with Crippen LogP contribution in [0.5, 0.6) is 0 Å². The number of carbonyl (C=O) groups excluding carboxylic acids is 4. The second-order valence-corrected chi connectivity index (χ2v) is 26.0. The van der Waals surface area contributed by atoms with Gasteiger partial charge in [-0.2, -0.15) is 0 Å². The standard InChI is InChI=1S/C77H124O17P2/c1-5-9-13-17-21-25-29-32-35-38-42-45-49-53-57-61-74(79)87-67-72(93-76(81)63-59-55-51-47-41-28-24-20-16-12-8-4)69-91-95(83,84)89-65-71(78)66-90-96(85,86)92-70-73(94-77(82)64-60-56-52-48-44-40-37-34-31-27-23-19-15-11-7-3)68-88-75(80)62-58-54-50-46-43-39-36-33-30-26-22-18-14-10-6-2/h9-11,13-15,20-27,32-37,43-44,46,48,54,58,71-73,78H,5-8,12,16-19,28-31,38-42,45,47,49-53,55-57,59-70H2,1-4H3,(H,83,84)(H,85,86)/b13-9-,14-10-,15-11-,24-20-,25-21-,26-22-,27-23-,35-32-,36-33-,37-34-,46-43-,48-44-,58-54-. The maximum absolute atomic E-state index is 13.0. The topological polar surface area (TPSA) is 237 Å². The molecule has 96 heavy (non-hydrogen) atoms. The summed E-state index contributed by atoms with van der Waals surface area (Å²) in [5.41, 5.74) is 0. The van der Waals surface area contributed by atoms with Crippen molar-refractivity contribution in [3.05, 3.63) is 158 Å². The molecule has 0 aromatic heterocycles. The lowest BCUT2D eigenvalue weighted by Gasteiger charge is -2.21. The molecule has 0 aliphatic heterocycles. The van der Waals surface area contributed by atoms with E-state index >= 15 is 0 Å². The first-order chi connectivity index (χ1) is 46.7. The van der Waals surface area contributed by atoms with Crippen molar-refractivity contribution < 1.29 is 80.2 Å². The van der Waals surface area contributed by atoms with Crippen molar-refractivity contribution in [3.8, 4) is 0 Å². The van der Waals surface area contributed by atoms with Gasteiger partial charge in [0.05, 0.1) is 32.8 Å². The van der Waals surface area contributed by atoms with E-state index in [1.807, 2.05) is 24.3 Å². The molecule has 0 amide bonds. The second-order valence-electron chi connectivity index (χ2n) is 23.0. The number of phosphoric acid groups is 2. The molecule has 0 saturated carbocycles. The number of hydrogen-bond donors (Lipinski definition) is 3. The Balaban J connectivity index is 5.47. The Morgan fingerprint density at radius 1 is 0.312 bits per heavy atom. The van der Waals surface area contributed by atoms with E-state index < -0.39 is 97.5 Å².